The van der Waals surface area contributed by atoms with Crippen LogP contribution in [0.4, 0.5) is 0 Å². The first-order valence-corrected chi connectivity index (χ1v) is 9.27. The Balaban J connectivity index is 1.96. The van der Waals surface area contributed by atoms with E-state index >= 15 is 0 Å². The van der Waals surface area contributed by atoms with Gasteiger partial charge in [-0.05, 0) is 18.1 Å². The molecule has 4 rings (SSSR count). The number of fused-ring (bicyclic) bond motifs is 5. The molecular weight excluding hydrogens is 336 g/mol. The molecular formula is C20H28O6. The summed E-state index contributed by atoms with van der Waals surface area (Å²) in [6.07, 6.45) is 2.08. The van der Waals surface area contributed by atoms with Gasteiger partial charge in [-0.3, -0.25) is 4.79 Å². The van der Waals surface area contributed by atoms with Crippen LogP contribution in [0.3, 0.4) is 0 Å². The van der Waals surface area contributed by atoms with Crippen LogP contribution >= 0.6 is 0 Å². The average molecular weight is 364 g/mol. The summed E-state index contributed by atoms with van der Waals surface area (Å²) in [7, 11) is 0. The second-order valence-corrected chi connectivity index (χ2v) is 9.41. The van der Waals surface area contributed by atoms with Gasteiger partial charge in [0.25, 0.3) is 0 Å². The minimum absolute atomic E-state index is 0.0615. The molecule has 0 saturated heterocycles. The van der Waals surface area contributed by atoms with E-state index < -0.39 is 57.8 Å². The lowest BCUT2D eigenvalue weighted by Crippen LogP contribution is -2.65. The van der Waals surface area contributed by atoms with Gasteiger partial charge in [-0.2, -0.15) is 0 Å². The van der Waals surface area contributed by atoms with Crippen LogP contribution in [-0.2, 0) is 4.79 Å². The first-order valence-electron chi connectivity index (χ1n) is 9.27. The number of hydrogen-bond donors (Lipinski definition) is 5. The number of Topliss-reactive ketones (excluding diaryl/α,β-unsaturated/α-hetero) is 1. The van der Waals surface area contributed by atoms with Gasteiger partial charge in [0.2, 0.25) is 0 Å². The fourth-order valence-electron chi connectivity index (χ4n) is 6.45. The maximum absolute atomic E-state index is 12.7. The van der Waals surface area contributed by atoms with Gasteiger partial charge in [0, 0.05) is 35.5 Å². The number of aliphatic hydroxyl groups is 5. The van der Waals surface area contributed by atoms with E-state index in [-0.39, 0.29) is 13.0 Å². The van der Waals surface area contributed by atoms with Crippen molar-refractivity contribution >= 4 is 5.78 Å². The molecule has 8 atom stereocenters. The maximum atomic E-state index is 12.7. The number of aliphatic hydroxyl groups excluding tert-OH is 2. The first-order chi connectivity index (χ1) is 11.9. The van der Waals surface area contributed by atoms with Crippen LogP contribution in [0.25, 0.3) is 0 Å². The van der Waals surface area contributed by atoms with Gasteiger partial charge in [0.1, 0.15) is 11.2 Å². The SMILES string of the molecule is CC1=C[C@@H]2[C@]3(O)[C@H](C)[C@@H](O)[C@@]4(O)[C@@H]([C@H]3C=C(CO)C[C@@]2(O)C1=O)C4(C)C. The molecule has 0 heterocycles. The van der Waals surface area contributed by atoms with Gasteiger partial charge >= 0.3 is 0 Å². The van der Waals surface area contributed by atoms with E-state index in [1.165, 1.54) is 0 Å². The number of carbonyl (C=O) groups excluding carboxylic acids is 1. The van der Waals surface area contributed by atoms with Gasteiger partial charge in [-0.1, -0.05) is 32.9 Å². The molecule has 4 aliphatic carbocycles. The largest absolute Gasteiger partial charge is 0.392 e. The second kappa shape index (κ2) is 4.86. The van der Waals surface area contributed by atoms with Crippen molar-refractivity contribution in [2.45, 2.75) is 57.0 Å². The quantitative estimate of drug-likeness (QED) is 0.416. The normalized spacial score (nSPS) is 54.5. The van der Waals surface area contributed by atoms with Gasteiger partial charge in [-0.15, -0.1) is 0 Å². The summed E-state index contributed by atoms with van der Waals surface area (Å²) in [6.45, 7) is 6.63. The molecule has 0 aromatic rings. The number of carbonyl (C=O) groups is 1. The summed E-state index contributed by atoms with van der Waals surface area (Å²) in [5.41, 5.74) is -4.57. The molecule has 6 nitrogen and oxygen atoms in total. The summed E-state index contributed by atoms with van der Waals surface area (Å²) < 4.78 is 0. The van der Waals surface area contributed by atoms with E-state index in [4.69, 9.17) is 0 Å². The van der Waals surface area contributed by atoms with Gasteiger partial charge in [0.05, 0.1) is 18.3 Å². The fourth-order valence-corrected chi connectivity index (χ4v) is 6.45. The Morgan fingerprint density at radius 3 is 2.38 bits per heavy atom. The summed E-state index contributed by atoms with van der Waals surface area (Å²) in [4.78, 5) is 12.7. The van der Waals surface area contributed by atoms with Crippen molar-refractivity contribution < 1.29 is 30.3 Å². The Hall–Kier alpha value is -1.05. The minimum Gasteiger partial charge on any atom is -0.392 e. The van der Waals surface area contributed by atoms with Gasteiger partial charge in [0.15, 0.2) is 5.78 Å². The number of hydrogen-bond acceptors (Lipinski definition) is 6. The van der Waals surface area contributed by atoms with Crippen LogP contribution in [0, 0.1) is 29.1 Å². The Bertz CT molecular complexity index is 753. The first kappa shape index (κ1) is 18.3. The van der Waals surface area contributed by atoms with Crippen LogP contribution in [-0.4, -0.2) is 60.8 Å². The van der Waals surface area contributed by atoms with E-state index in [0.717, 1.165) is 0 Å². The zero-order chi connectivity index (χ0) is 19.4. The molecule has 0 bridgehead atoms. The smallest absolute Gasteiger partial charge is 0.190 e. The van der Waals surface area contributed by atoms with Crippen molar-refractivity contribution in [3.8, 4) is 0 Å². The maximum Gasteiger partial charge on any atom is 0.190 e. The molecule has 26 heavy (non-hydrogen) atoms. The van der Waals surface area contributed by atoms with Gasteiger partial charge in [-0.25, -0.2) is 0 Å². The third-order valence-corrected chi connectivity index (χ3v) is 8.04. The van der Waals surface area contributed by atoms with Crippen LogP contribution in [0.15, 0.2) is 23.3 Å². The van der Waals surface area contributed by atoms with Crippen LogP contribution < -0.4 is 0 Å². The third kappa shape index (κ3) is 1.69. The molecule has 0 spiro atoms. The molecule has 144 valence electrons. The Kier molecular flexibility index (Phi) is 3.42. The van der Waals surface area contributed by atoms with E-state index in [9.17, 15) is 30.3 Å². The summed E-state index contributed by atoms with van der Waals surface area (Å²) in [5, 5.41) is 54.9. The molecule has 4 aliphatic rings. The monoisotopic (exact) mass is 364 g/mol. The molecule has 0 unspecified atom stereocenters. The Morgan fingerprint density at radius 1 is 1.19 bits per heavy atom. The lowest BCUT2D eigenvalue weighted by molar-refractivity contribution is -0.209. The van der Waals surface area contributed by atoms with Crippen molar-refractivity contribution in [3.05, 3.63) is 23.3 Å². The third-order valence-electron chi connectivity index (χ3n) is 8.04. The highest BCUT2D eigenvalue weighted by atomic mass is 16.4. The van der Waals surface area contributed by atoms with Crippen LogP contribution in [0.1, 0.15) is 34.1 Å². The minimum atomic E-state index is -1.84. The lowest BCUT2D eigenvalue weighted by atomic mass is 9.59. The standard InChI is InChI=1S/C20H28O6/c1-9-5-13-18(24,15(9)22)7-11(8-21)6-12-14-17(3,4)20(14,26)16(23)10(2)19(12,13)25/h5-6,10,12-14,16,21,23-26H,7-8H2,1-4H3/t10-,12-,13+,14+,16-,18+,19+,20+/m1/s1. The van der Waals surface area contributed by atoms with Crippen molar-refractivity contribution in [2.75, 3.05) is 6.61 Å². The molecule has 0 aliphatic heterocycles. The molecule has 0 aromatic heterocycles. The van der Waals surface area contributed by atoms with E-state index in [2.05, 4.69) is 0 Å². The highest BCUT2D eigenvalue weighted by Gasteiger charge is 2.84. The summed E-state index contributed by atoms with van der Waals surface area (Å²) in [5.74, 6) is -3.14. The van der Waals surface area contributed by atoms with E-state index in [1.54, 1.807) is 26.0 Å². The predicted molar refractivity (Wildman–Crippen MR) is 92.8 cm³/mol. The molecule has 0 aromatic carbocycles. The summed E-state index contributed by atoms with van der Waals surface area (Å²) in [6, 6.07) is 0. The lowest BCUT2D eigenvalue weighted by Gasteiger charge is -2.51. The van der Waals surface area contributed by atoms with Gasteiger partial charge < -0.3 is 25.5 Å². The molecule has 5 N–H and O–H groups in total. The molecule has 6 heteroatoms. The van der Waals surface area contributed by atoms with E-state index in [1.807, 2.05) is 13.8 Å². The van der Waals surface area contributed by atoms with Crippen molar-refractivity contribution in [3.63, 3.8) is 0 Å². The highest BCUT2D eigenvalue weighted by molar-refractivity contribution is 6.04. The van der Waals surface area contributed by atoms with Crippen molar-refractivity contribution in [1.82, 2.24) is 0 Å². The highest BCUT2D eigenvalue weighted by Crippen LogP contribution is 2.74. The predicted octanol–water partition coefficient (Wildman–Crippen LogP) is -0.0699. The molecule has 0 amide bonds. The van der Waals surface area contributed by atoms with E-state index in [0.29, 0.717) is 11.1 Å². The Morgan fingerprint density at radius 2 is 1.81 bits per heavy atom. The molecule has 2 fully saturated rings. The number of ketones is 1. The topological polar surface area (TPSA) is 118 Å². The summed E-state index contributed by atoms with van der Waals surface area (Å²) >= 11 is 0. The molecule has 2 saturated carbocycles. The number of rotatable bonds is 1. The van der Waals surface area contributed by atoms with Crippen molar-refractivity contribution in [1.29, 1.82) is 0 Å². The van der Waals surface area contributed by atoms with Crippen molar-refractivity contribution in [2.24, 2.45) is 29.1 Å². The fraction of sp³-hybridized carbons (Fsp3) is 0.750. The average Bonchev–Trinajstić information content (AvgIpc) is 2.97. The zero-order valence-electron chi connectivity index (χ0n) is 15.6. The van der Waals surface area contributed by atoms with Crippen LogP contribution in [0.2, 0.25) is 0 Å². The van der Waals surface area contributed by atoms with Crippen LogP contribution in [0.5, 0.6) is 0 Å². The molecule has 0 radical (unpaired) electrons. The zero-order valence-corrected chi connectivity index (χ0v) is 15.6. The Labute approximate surface area is 152 Å². The second-order valence-electron chi connectivity index (χ2n) is 9.41.